The highest BCUT2D eigenvalue weighted by Gasteiger charge is 2.33. The molecule has 0 radical (unpaired) electrons. The summed E-state index contributed by atoms with van der Waals surface area (Å²) in [5.74, 6) is -0.726. The molecule has 10 heteroatoms. The van der Waals surface area contributed by atoms with Crippen LogP contribution in [-0.4, -0.2) is 50.0 Å². The number of sulfonamides is 1. The van der Waals surface area contributed by atoms with E-state index in [1.807, 2.05) is 38.1 Å². The predicted octanol–water partition coefficient (Wildman–Crippen LogP) is 5.32. The van der Waals surface area contributed by atoms with Crippen molar-refractivity contribution in [3.8, 4) is 0 Å². The van der Waals surface area contributed by atoms with Crippen LogP contribution in [0, 0.1) is 6.92 Å². The Kier molecular flexibility index (Phi) is 10.3. The van der Waals surface area contributed by atoms with Crippen LogP contribution in [0.3, 0.4) is 0 Å². The van der Waals surface area contributed by atoms with Crippen molar-refractivity contribution in [2.45, 2.75) is 71.0 Å². The highest BCUT2D eigenvalue weighted by atomic mass is 35.5. The summed E-state index contributed by atoms with van der Waals surface area (Å²) in [5.41, 5.74) is 1.98. The maximum absolute atomic E-state index is 13.8. The zero-order valence-corrected chi connectivity index (χ0v) is 23.9. The van der Waals surface area contributed by atoms with Crippen molar-refractivity contribution in [1.29, 1.82) is 0 Å². The van der Waals surface area contributed by atoms with Crippen LogP contribution in [0.15, 0.2) is 42.5 Å². The number of carbonyl (C=O) groups is 2. The number of aryl methyl sites for hydroxylation is 1. The average molecular weight is 569 g/mol. The van der Waals surface area contributed by atoms with Gasteiger partial charge in [0.15, 0.2) is 0 Å². The van der Waals surface area contributed by atoms with Crippen molar-refractivity contribution in [1.82, 2.24) is 10.2 Å². The Labute approximate surface area is 230 Å². The van der Waals surface area contributed by atoms with Crippen LogP contribution < -0.4 is 9.62 Å². The van der Waals surface area contributed by atoms with Gasteiger partial charge in [0, 0.05) is 12.6 Å². The number of nitrogens with one attached hydrogen (secondary N) is 1. The van der Waals surface area contributed by atoms with E-state index in [9.17, 15) is 18.0 Å². The third-order valence-corrected chi connectivity index (χ3v) is 8.59. The number of rotatable bonds is 10. The number of nitrogens with zero attached hydrogens (tertiary/aromatic N) is 2. The van der Waals surface area contributed by atoms with Crippen LogP contribution in [0.25, 0.3) is 0 Å². The Morgan fingerprint density at radius 2 is 1.76 bits per heavy atom. The molecule has 1 aliphatic rings. The van der Waals surface area contributed by atoms with Crippen molar-refractivity contribution in [3.63, 3.8) is 0 Å². The molecule has 37 heavy (non-hydrogen) atoms. The minimum Gasteiger partial charge on any atom is -0.352 e. The second-order valence-electron chi connectivity index (χ2n) is 9.62. The maximum atomic E-state index is 13.8. The summed E-state index contributed by atoms with van der Waals surface area (Å²) >= 11 is 12.5. The van der Waals surface area contributed by atoms with Gasteiger partial charge in [-0.3, -0.25) is 13.9 Å². The van der Waals surface area contributed by atoms with Gasteiger partial charge in [-0.05, 0) is 43.9 Å². The molecule has 7 nitrogen and oxygen atoms in total. The van der Waals surface area contributed by atoms with Gasteiger partial charge < -0.3 is 10.2 Å². The first-order chi connectivity index (χ1) is 17.5. The van der Waals surface area contributed by atoms with Crippen LogP contribution in [-0.2, 0) is 26.2 Å². The zero-order valence-electron chi connectivity index (χ0n) is 21.5. The molecule has 1 atom stereocenters. The first kappa shape index (κ1) is 29.3. The lowest BCUT2D eigenvalue weighted by atomic mass is 9.95. The van der Waals surface area contributed by atoms with Gasteiger partial charge in [-0.15, -0.1) is 0 Å². The third kappa shape index (κ3) is 7.85. The molecule has 1 aliphatic carbocycles. The minimum atomic E-state index is -3.90. The summed E-state index contributed by atoms with van der Waals surface area (Å²) in [6, 6.07) is 11.6. The fraction of sp³-hybridized carbons (Fsp3) is 0.481. The van der Waals surface area contributed by atoms with Crippen molar-refractivity contribution < 1.29 is 18.0 Å². The number of anilines is 1. The van der Waals surface area contributed by atoms with Gasteiger partial charge in [0.05, 0.1) is 22.0 Å². The van der Waals surface area contributed by atoms with Crippen LogP contribution in [0.5, 0.6) is 0 Å². The minimum absolute atomic E-state index is 0.0368. The second-order valence-corrected chi connectivity index (χ2v) is 12.3. The summed E-state index contributed by atoms with van der Waals surface area (Å²) < 4.78 is 26.5. The van der Waals surface area contributed by atoms with E-state index in [-0.39, 0.29) is 34.2 Å². The van der Waals surface area contributed by atoms with Crippen LogP contribution >= 0.6 is 23.2 Å². The Morgan fingerprint density at radius 1 is 1.08 bits per heavy atom. The lowest BCUT2D eigenvalue weighted by molar-refractivity contribution is -0.140. The van der Waals surface area contributed by atoms with Gasteiger partial charge in [0.2, 0.25) is 21.8 Å². The van der Waals surface area contributed by atoms with Crippen molar-refractivity contribution in [3.05, 3.63) is 63.6 Å². The fourth-order valence-corrected chi connectivity index (χ4v) is 6.05. The molecule has 2 aromatic carbocycles. The van der Waals surface area contributed by atoms with E-state index in [0.717, 1.165) is 53.8 Å². The number of amides is 2. The molecular weight excluding hydrogens is 533 g/mol. The average Bonchev–Trinajstić information content (AvgIpc) is 2.84. The summed E-state index contributed by atoms with van der Waals surface area (Å²) in [6.07, 6.45) is 6.53. The fourth-order valence-electron chi connectivity index (χ4n) is 4.75. The molecule has 0 heterocycles. The number of hydrogen-bond acceptors (Lipinski definition) is 4. The van der Waals surface area contributed by atoms with Gasteiger partial charge in [-0.2, -0.15) is 0 Å². The molecule has 0 aromatic heterocycles. The standard InChI is InChI=1S/C27H35Cl2N3O4S/c1-4-23(27(34)30-21-12-6-5-7-13-21)31(17-20-11-8-10-19(2)16-20)25(33)18-32(37(3,35)36)24-15-9-14-22(28)26(24)29/h8-11,14-16,21,23H,4-7,12-13,17-18H2,1-3H3,(H,30,34). The molecule has 0 spiro atoms. The molecule has 0 aliphatic heterocycles. The van der Waals surface area contributed by atoms with Crippen molar-refractivity contribution in [2.75, 3.05) is 17.1 Å². The van der Waals surface area contributed by atoms with E-state index >= 15 is 0 Å². The maximum Gasteiger partial charge on any atom is 0.244 e. The van der Waals surface area contributed by atoms with Gasteiger partial charge in [-0.1, -0.05) is 85.3 Å². The monoisotopic (exact) mass is 567 g/mol. The van der Waals surface area contributed by atoms with E-state index in [0.29, 0.717) is 6.42 Å². The number of halogens is 2. The van der Waals surface area contributed by atoms with Crippen LogP contribution in [0.2, 0.25) is 10.0 Å². The van der Waals surface area contributed by atoms with Gasteiger partial charge in [-0.25, -0.2) is 8.42 Å². The summed E-state index contributed by atoms with van der Waals surface area (Å²) in [5, 5.41) is 3.34. The second kappa shape index (κ2) is 13.0. The molecule has 0 bridgehead atoms. The summed E-state index contributed by atoms with van der Waals surface area (Å²) in [7, 11) is -3.90. The molecule has 2 amide bonds. The Hall–Kier alpha value is -2.29. The van der Waals surface area contributed by atoms with E-state index in [2.05, 4.69) is 5.32 Å². The predicted molar refractivity (Wildman–Crippen MR) is 149 cm³/mol. The SMILES string of the molecule is CCC(C(=O)NC1CCCCC1)N(Cc1cccc(C)c1)C(=O)CN(c1cccc(Cl)c1Cl)S(C)(=O)=O. The zero-order chi connectivity index (χ0) is 27.2. The lowest BCUT2D eigenvalue weighted by Gasteiger charge is -2.34. The summed E-state index contributed by atoms with van der Waals surface area (Å²) in [4.78, 5) is 28.7. The van der Waals surface area contributed by atoms with Crippen LogP contribution in [0.4, 0.5) is 5.69 Å². The molecule has 2 aromatic rings. The molecule has 0 saturated heterocycles. The molecule has 1 N–H and O–H groups in total. The normalized spacial score (nSPS) is 15.2. The summed E-state index contributed by atoms with van der Waals surface area (Å²) in [6.45, 7) is 3.45. The van der Waals surface area contributed by atoms with Crippen molar-refractivity contribution in [2.24, 2.45) is 0 Å². The molecule has 1 saturated carbocycles. The van der Waals surface area contributed by atoms with Crippen LogP contribution in [0.1, 0.15) is 56.6 Å². The quantitative estimate of drug-likeness (QED) is 0.420. The molecular formula is C27H35Cl2N3O4S. The largest absolute Gasteiger partial charge is 0.352 e. The molecule has 202 valence electrons. The topological polar surface area (TPSA) is 86.8 Å². The highest BCUT2D eigenvalue weighted by molar-refractivity contribution is 7.92. The molecule has 1 unspecified atom stereocenters. The van der Waals surface area contributed by atoms with E-state index in [1.165, 1.54) is 11.0 Å². The smallest absolute Gasteiger partial charge is 0.244 e. The van der Waals surface area contributed by atoms with Crippen molar-refractivity contribution >= 4 is 50.7 Å². The number of carbonyl (C=O) groups excluding carboxylic acids is 2. The lowest BCUT2D eigenvalue weighted by Crippen LogP contribution is -2.54. The van der Waals surface area contributed by atoms with E-state index in [1.54, 1.807) is 12.1 Å². The first-order valence-corrected chi connectivity index (χ1v) is 15.2. The first-order valence-electron chi connectivity index (χ1n) is 12.6. The molecule has 3 rings (SSSR count). The Bertz CT molecular complexity index is 1220. The van der Waals surface area contributed by atoms with E-state index < -0.39 is 28.5 Å². The Morgan fingerprint density at radius 3 is 2.38 bits per heavy atom. The van der Waals surface area contributed by atoms with Gasteiger partial charge >= 0.3 is 0 Å². The van der Waals surface area contributed by atoms with E-state index in [4.69, 9.17) is 23.2 Å². The Balaban J connectivity index is 1.94. The number of hydrogen-bond donors (Lipinski definition) is 1. The van der Waals surface area contributed by atoms with Gasteiger partial charge in [0.25, 0.3) is 0 Å². The molecule has 1 fully saturated rings. The highest BCUT2D eigenvalue weighted by Crippen LogP contribution is 2.34. The number of benzene rings is 2. The van der Waals surface area contributed by atoms with Gasteiger partial charge in [0.1, 0.15) is 12.6 Å². The third-order valence-electron chi connectivity index (χ3n) is 6.65.